The first-order valence-corrected chi connectivity index (χ1v) is 8.65. The van der Waals surface area contributed by atoms with Crippen LogP contribution in [-0.4, -0.2) is 0 Å². The molecule has 0 heterocycles. The molecule has 0 atom stereocenters. The lowest BCUT2D eigenvalue weighted by Gasteiger charge is -2.41. The van der Waals surface area contributed by atoms with Crippen LogP contribution in [0.3, 0.4) is 0 Å². The Hall–Kier alpha value is -2.34. The Labute approximate surface area is 146 Å². The van der Waals surface area contributed by atoms with Gasteiger partial charge in [-0.05, 0) is 22.3 Å². The van der Waals surface area contributed by atoms with Gasteiger partial charge in [-0.25, -0.2) is 0 Å². The van der Waals surface area contributed by atoms with E-state index in [1.165, 1.54) is 22.3 Å². The van der Waals surface area contributed by atoms with Crippen LogP contribution in [0.25, 0.3) is 0 Å². The maximum absolute atomic E-state index is 2.34. The van der Waals surface area contributed by atoms with Crippen molar-refractivity contribution in [2.45, 2.75) is 38.5 Å². The minimum absolute atomic E-state index is 0.0606. The Balaban J connectivity index is 2.22. The summed E-state index contributed by atoms with van der Waals surface area (Å²) in [5.41, 5.74) is 5.37. The van der Waals surface area contributed by atoms with E-state index in [1.54, 1.807) is 0 Å². The van der Waals surface area contributed by atoms with E-state index in [0.29, 0.717) is 0 Å². The maximum atomic E-state index is 2.34. The lowest BCUT2D eigenvalue weighted by atomic mass is 9.62. The zero-order valence-corrected chi connectivity index (χ0v) is 15.1. The highest BCUT2D eigenvalue weighted by Crippen LogP contribution is 2.46. The van der Waals surface area contributed by atoms with Crippen molar-refractivity contribution in [3.8, 4) is 0 Å². The molecule has 0 bridgehead atoms. The van der Waals surface area contributed by atoms with Crippen LogP contribution in [0, 0.1) is 0 Å². The summed E-state index contributed by atoms with van der Waals surface area (Å²) in [5.74, 6) is 0. The quantitative estimate of drug-likeness (QED) is 0.615. The molecular weight excluding hydrogens is 288 g/mol. The van der Waals surface area contributed by atoms with Gasteiger partial charge in [0.1, 0.15) is 0 Å². The van der Waals surface area contributed by atoms with Crippen LogP contribution in [0.1, 0.15) is 38.8 Å². The SMILES string of the molecule is CC(C)(C(=C1C=CC=C1)C(C)(C)c1ccccc1)c1ccccc1. The molecule has 0 radical (unpaired) electrons. The monoisotopic (exact) mass is 314 g/mol. The van der Waals surface area contributed by atoms with Gasteiger partial charge >= 0.3 is 0 Å². The average molecular weight is 314 g/mol. The third kappa shape index (κ3) is 2.89. The molecule has 0 heteroatoms. The topological polar surface area (TPSA) is 0 Å². The van der Waals surface area contributed by atoms with Crippen molar-refractivity contribution in [2.75, 3.05) is 0 Å². The van der Waals surface area contributed by atoms with Gasteiger partial charge in [-0.15, -0.1) is 0 Å². The fraction of sp³-hybridized carbons (Fsp3) is 0.250. The van der Waals surface area contributed by atoms with Crippen molar-refractivity contribution >= 4 is 0 Å². The first-order valence-electron chi connectivity index (χ1n) is 8.65. The molecule has 0 aromatic heterocycles. The summed E-state index contributed by atoms with van der Waals surface area (Å²) in [6.07, 6.45) is 8.75. The van der Waals surface area contributed by atoms with Crippen molar-refractivity contribution in [1.29, 1.82) is 0 Å². The predicted molar refractivity (Wildman–Crippen MR) is 104 cm³/mol. The third-order valence-electron chi connectivity index (χ3n) is 5.19. The summed E-state index contributed by atoms with van der Waals surface area (Å²) >= 11 is 0. The van der Waals surface area contributed by atoms with Crippen LogP contribution in [0.2, 0.25) is 0 Å². The first kappa shape index (κ1) is 16.5. The second kappa shape index (κ2) is 6.28. The van der Waals surface area contributed by atoms with Crippen LogP contribution in [0.15, 0.2) is 96.1 Å². The van der Waals surface area contributed by atoms with E-state index >= 15 is 0 Å². The van der Waals surface area contributed by atoms with E-state index < -0.39 is 0 Å². The van der Waals surface area contributed by atoms with Crippen molar-refractivity contribution in [3.05, 3.63) is 107 Å². The van der Waals surface area contributed by atoms with Gasteiger partial charge in [0, 0.05) is 10.8 Å². The van der Waals surface area contributed by atoms with Crippen molar-refractivity contribution < 1.29 is 0 Å². The molecule has 0 spiro atoms. The van der Waals surface area contributed by atoms with Crippen molar-refractivity contribution in [2.24, 2.45) is 0 Å². The zero-order valence-electron chi connectivity index (χ0n) is 15.1. The summed E-state index contributed by atoms with van der Waals surface area (Å²) < 4.78 is 0. The smallest absolute Gasteiger partial charge is 0.0123 e. The minimum atomic E-state index is -0.0606. The van der Waals surface area contributed by atoms with E-state index in [2.05, 4.69) is 113 Å². The molecule has 122 valence electrons. The molecule has 0 amide bonds. The number of benzene rings is 2. The van der Waals surface area contributed by atoms with Gasteiger partial charge < -0.3 is 0 Å². The molecule has 0 saturated heterocycles. The normalized spacial score (nSPS) is 14.2. The molecule has 0 nitrogen and oxygen atoms in total. The van der Waals surface area contributed by atoms with E-state index in [-0.39, 0.29) is 10.8 Å². The summed E-state index contributed by atoms with van der Waals surface area (Å²) in [6, 6.07) is 21.7. The van der Waals surface area contributed by atoms with Crippen LogP contribution in [0.4, 0.5) is 0 Å². The highest BCUT2D eigenvalue weighted by Gasteiger charge is 2.38. The largest absolute Gasteiger partial charge is 0.0622 e. The maximum Gasteiger partial charge on any atom is 0.0123 e. The molecule has 3 rings (SSSR count). The van der Waals surface area contributed by atoms with Gasteiger partial charge in [0.15, 0.2) is 0 Å². The molecule has 24 heavy (non-hydrogen) atoms. The van der Waals surface area contributed by atoms with E-state index in [1.807, 2.05) is 0 Å². The Morgan fingerprint density at radius 3 is 1.33 bits per heavy atom. The Morgan fingerprint density at radius 2 is 0.958 bits per heavy atom. The number of rotatable bonds is 4. The number of hydrogen-bond acceptors (Lipinski definition) is 0. The zero-order chi connectivity index (χ0) is 17.2. The lowest BCUT2D eigenvalue weighted by Crippen LogP contribution is -2.34. The lowest BCUT2D eigenvalue weighted by molar-refractivity contribution is 0.482. The minimum Gasteiger partial charge on any atom is -0.0622 e. The summed E-state index contributed by atoms with van der Waals surface area (Å²) in [5, 5.41) is 0. The molecule has 0 saturated carbocycles. The van der Waals surface area contributed by atoms with E-state index in [0.717, 1.165) is 0 Å². The Morgan fingerprint density at radius 1 is 0.583 bits per heavy atom. The second-order valence-electron chi connectivity index (χ2n) is 7.53. The van der Waals surface area contributed by atoms with E-state index in [4.69, 9.17) is 0 Å². The highest BCUT2D eigenvalue weighted by atomic mass is 14.4. The standard InChI is InChI=1S/C24H26/c1-23(2,20-15-7-5-8-16-20)22(19-13-11-12-14-19)24(3,4)21-17-9-6-10-18-21/h5-18H,1-4H3. The van der Waals surface area contributed by atoms with Gasteiger partial charge in [-0.3, -0.25) is 0 Å². The summed E-state index contributed by atoms with van der Waals surface area (Å²) in [4.78, 5) is 0. The molecule has 0 unspecified atom stereocenters. The molecular formula is C24H26. The fourth-order valence-electron chi connectivity index (χ4n) is 4.04. The highest BCUT2D eigenvalue weighted by molar-refractivity contribution is 5.55. The average Bonchev–Trinajstić information content (AvgIpc) is 3.10. The number of allylic oxidation sites excluding steroid dienone is 6. The molecule has 2 aromatic carbocycles. The second-order valence-corrected chi connectivity index (χ2v) is 7.53. The number of hydrogen-bond donors (Lipinski definition) is 0. The van der Waals surface area contributed by atoms with Gasteiger partial charge in [0.2, 0.25) is 0 Å². The Kier molecular flexibility index (Phi) is 4.32. The summed E-state index contributed by atoms with van der Waals surface area (Å²) in [7, 11) is 0. The van der Waals surface area contributed by atoms with Crippen LogP contribution in [-0.2, 0) is 10.8 Å². The first-order chi connectivity index (χ1) is 11.4. The molecule has 1 aliphatic rings. The van der Waals surface area contributed by atoms with Crippen molar-refractivity contribution in [3.63, 3.8) is 0 Å². The molecule has 0 aliphatic heterocycles. The molecule has 0 fully saturated rings. The predicted octanol–water partition coefficient (Wildman–Crippen LogP) is 6.36. The van der Waals surface area contributed by atoms with Crippen molar-refractivity contribution in [1.82, 2.24) is 0 Å². The van der Waals surface area contributed by atoms with Gasteiger partial charge in [0.05, 0.1) is 0 Å². The molecule has 1 aliphatic carbocycles. The van der Waals surface area contributed by atoms with Gasteiger partial charge in [-0.1, -0.05) is 113 Å². The van der Waals surface area contributed by atoms with Crippen LogP contribution >= 0.6 is 0 Å². The summed E-state index contributed by atoms with van der Waals surface area (Å²) in [6.45, 7) is 9.37. The van der Waals surface area contributed by atoms with Gasteiger partial charge in [-0.2, -0.15) is 0 Å². The third-order valence-corrected chi connectivity index (χ3v) is 5.19. The molecule has 0 N–H and O–H groups in total. The molecule has 2 aromatic rings. The fourth-order valence-corrected chi connectivity index (χ4v) is 4.04. The van der Waals surface area contributed by atoms with E-state index in [9.17, 15) is 0 Å². The Bertz CT molecular complexity index is 717. The van der Waals surface area contributed by atoms with Crippen LogP contribution < -0.4 is 0 Å². The van der Waals surface area contributed by atoms with Gasteiger partial charge in [0.25, 0.3) is 0 Å². The van der Waals surface area contributed by atoms with Crippen LogP contribution in [0.5, 0.6) is 0 Å².